The van der Waals surface area contributed by atoms with E-state index in [1.165, 1.54) is 9.75 Å². The van der Waals surface area contributed by atoms with E-state index in [1.807, 2.05) is 21.0 Å². The quantitative estimate of drug-likeness (QED) is 0.750. The molecule has 0 aromatic carbocycles. The minimum Gasteiger partial charge on any atom is -0.477 e. The van der Waals surface area contributed by atoms with E-state index in [1.54, 1.807) is 11.3 Å². The van der Waals surface area contributed by atoms with E-state index in [4.69, 9.17) is 5.11 Å². The second-order valence-corrected chi connectivity index (χ2v) is 7.43. The van der Waals surface area contributed by atoms with Gasteiger partial charge in [-0.15, -0.1) is 11.3 Å². The van der Waals surface area contributed by atoms with Crippen LogP contribution in [0.25, 0.3) is 0 Å². The smallest absolute Gasteiger partial charge is 0.359 e. The van der Waals surface area contributed by atoms with E-state index in [0.717, 1.165) is 12.0 Å². The van der Waals surface area contributed by atoms with Crippen LogP contribution in [0, 0.1) is 13.8 Å². The first-order valence-corrected chi connectivity index (χ1v) is 7.63. The van der Waals surface area contributed by atoms with Crippen molar-refractivity contribution < 1.29 is 19.2 Å². The number of carbonyl (C=O) groups excluding carboxylic acids is 1. The van der Waals surface area contributed by atoms with Gasteiger partial charge in [-0.3, -0.25) is 4.79 Å². The maximum absolute atomic E-state index is 12.0. The Kier molecular flexibility index (Phi) is 5.89. The van der Waals surface area contributed by atoms with E-state index in [0.29, 0.717) is 23.9 Å². The van der Waals surface area contributed by atoms with E-state index < -0.39 is 5.97 Å². The second kappa shape index (κ2) is 6.99. The van der Waals surface area contributed by atoms with Gasteiger partial charge in [0.15, 0.2) is 6.54 Å². The zero-order valence-corrected chi connectivity index (χ0v) is 13.5. The molecule has 1 rings (SSSR count). The van der Waals surface area contributed by atoms with Crippen LogP contribution in [0.15, 0.2) is 6.07 Å². The van der Waals surface area contributed by atoms with Gasteiger partial charge in [-0.25, -0.2) is 4.79 Å². The van der Waals surface area contributed by atoms with Gasteiger partial charge in [-0.2, -0.15) is 0 Å². The van der Waals surface area contributed by atoms with E-state index >= 15 is 0 Å². The van der Waals surface area contributed by atoms with Gasteiger partial charge in [0, 0.05) is 29.0 Å². The molecule has 0 bridgehead atoms. The first-order valence-electron chi connectivity index (χ1n) is 6.81. The molecule has 4 nitrogen and oxygen atoms in total. The fourth-order valence-electron chi connectivity index (χ4n) is 2.31. The lowest BCUT2D eigenvalue weighted by molar-refractivity contribution is -0.883. The average molecular weight is 298 g/mol. The Morgan fingerprint density at radius 3 is 2.45 bits per heavy atom. The number of quaternary nitrogens is 1. The van der Waals surface area contributed by atoms with Crippen molar-refractivity contribution in [3.8, 4) is 0 Å². The van der Waals surface area contributed by atoms with Crippen LogP contribution in [0.2, 0.25) is 0 Å². The summed E-state index contributed by atoms with van der Waals surface area (Å²) in [5, 5.41) is 8.80. The third kappa shape index (κ3) is 5.84. The summed E-state index contributed by atoms with van der Waals surface area (Å²) in [7, 11) is 3.76. The zero-order valence-electron chi connectivity index (χ0n) is 12.7. The predicted octanol–water partition coefficient (Wildman–Crippen LogP) is 2.42. The first-order chi connectivity index (χ1) is 9.19. The molecule has 0 aliphatic heterocycles. The standard InChI is InChI=1S/C15H23NO3S/c1-11-8-13(12(2)20-11)9-14(17)6-5-7-16(3,4)10-15(18)19/h8H,5-7,9-10H2,1-4H3/p+1. The third-order valence-corrected chi connectivity index (χ3v) is 4.32. The number of carboxylic acid groups (broad SMARTS) is 1. The summed E-state index contributed by atoms with van der Waals surface area (Å²) in [6.07, 6.45) is 1.76. The maximum Gasteiger partial charge on any atom is 0.359 e. The summed E-state index contributed by atoms with van der Waals surface area (Å²) >= 11 is 1.73. The van der Waals surface area contributed by atoms with E-state index in [-0.39, 0.29) is 12.3 Å². The molecule has 0 aliphatic carbocycles. The molecule has 112 valence electrons. The summed E-state index contributed by atoms with van der Waals surface area (Å²) in [6, 6.07) is 2.09. The lowest BCUT2D eigenvalue weighted by Gasteiger charge is -2.27. The summed E-state index contributed by atoms with van der Waals surface area (Å²) in [6.45, 7) is 4.90. The summed E-state index contributed by atoms with van der Waals surface area (Å²) in [4.78, 5) is 25.1. The number of ketones is 1. The van der Waals surface area contributed by atoms with Crippen molar-refractivity contribution in [3.05, 3.63) is 21.4 Å². The predicted molar refractivity (Wildman–Crippen MR) is 81.2 cm³/mol. The second-order valence-electron chi connectivity index (χ2n) is 5.97. The number of Topliss-reactive ketones (excluding diaryl/α,β-unsaturated/α-hetero) is 1. The molecule has 0 fully saturated rings. The minimum absolute atomic E-state index is 0.0943. The highest BCUT2D eigenvalue weighted by atomic mass is 32.1. The Balaban J connectivity index is 2.37. The molecule has 1 aromatic heterocycles. The molecule has 1 N–H and O–H groups in total. The largest absolute Gasteiger partial charge is 0.477 e. The Morgan fingerprint density at radius 1 is 1.30 bits per heavy atom. The highest BCUT2D eigenvalue weighted by molar-refractivity contribution is 7.12. The van der Waals surface area contributed by atoms with Crippen LogP contribution in [0.5, 0.6) is 0 Å². The van der Waals surface area contributed by atoms with Crippen molar-refractivity contribution in [2.24, 2.45) is 0 Å². The molecule has 0 radical (unpaired) electrons. The molecular weight excluding hydrogens is 274 g/mol. The number of likely N-dealkylation sites (N-methyl/N-ethyl adjacent to an activating group) is 1. The molecular formula is C15H24NO3S+. The zero-order chi connectivity index (χ0) is 15.3. The molecule has 0 saturated carbocycles. The van der Waals surface area contributed by atoms with Gasteiger partial charge in [-0.05, 0) is 25.5 Å². The number of thiophene rings is 1. The maximum atomic E-state index is 12.0. The highest BCUT2D eigenvalue weighted by Crippen LogP contribution is 2.21. The molecule has 0 atom stereocenters. The van der Waals surface area contributed by atoms with E-state index in [9.17, 15) is 9.59 Å². The number of hydrogen-bond donors (Lipinski definition) is 1. The van der Waals surface area contributed by atoms with Gasteiger partial charge in [0.25, 0.3) is 0 Å². The monoisotopic (exact) mass is 298 g/mol. The van der Waals surface area contributed by atoms with Crippen LogP contribution < -0.4 is 0 Å². The van der Waals surface area contributed by atoms with Gasteiger partial charge in [0.1, 0.15) is 5.78 Å². The van der Waals surface area contributed by atoms with Crippen molar-refractivity contribution in [2.45, 2.75) is 33.1 Å². The molecule has 1 heterocycles. The Hall–Kier alpha value is -1.20. The van der Waals surface area contributed by atoms with Crippen LogP contribution in [-0.2, 0) is 16.0 Å². The number of carboxylic acids is 1. The average Bonchev–Trinajstić information content (AvgIpc) is 2.54. The number of rotatable bonds is 8. The van der Waals surface area contributed by atoms with Crippen molar-refractivity contribution >= 4 is 23.1 Å². The number of aryl methyl sites for hydroxylation is 2. The number of carbonyl (C=O) groups is 2. The van der Waals surface area contributed by atoms with Crippen LogP contribution in [0.1, 0.15) is 28.2 Å². The van der Waals surface area contributed by atoms with Gasteiger partial charge in [-0.1, -0.05) is 0 Å². The Labute approximate surface area is 124 Å². The summed E-state index contributed by atoms with van der Waals surface area (Å²) in [5.74, 6) is -0.563. The summed E-state index contributed by atoms with van der Waals surface area (Å²) in [5.41, 5.74) is 1.14. The first kappa shape index (κ1) is 16.9. The molecule has 0 spiro atoms. The third-order valence-electron chi connectivity index (χ3n) is 3.31. The lowest BCUT2D eigenvalue weighted by Crippen LogP contribution is -2.44. The SMILES string of the molecule is Cc1cc(CC(=O)CCC[N+](C)(C)CC(=O)O)c(C)s1. The van der Waals surface area contributed by atoms with Crippen molar-refractivity contribution in [3.63, 3.8) is 0 Å². The number of aliphatic carboxylic acids is 1. The summed E-state index contributed by atoms with van der Waals surface area (Å²) < 4.78 is 0.416. The molecule has 0 amide bonds. The van der Waals surface area contributed by atoms with Gasteiger partial charge in [0.05, 0.1) is 20.6 Å². The Morgan fingerprint density at radius 2 is 1.95 bits per heavy atom. The van der Waals surface area contributed by atoms with Crippen molar-refractivity contribution in [1.29, 1.82) is 0 Å². The molecule has 1 aromatic rings. The minimum atomic E-state index is -0.800. The van der Waals surface area contributed by atoms with Crippen LogP contribution in [0.3, 0.4) is 0 Å². The highest BCUT2D eigenvalue weighted by Gasteiger charge is 2.19. The van der Waals surface area contributed by atoms with Crippen LogP contribution in [-0.4, -0.2) is 48.5 Å². The molecule has 5 heteroatoms. The van der Waals surface area contributed by atoms with Gasteiger partial charge >= 0.3 is 5.97 Å². The number of nitrogens with zero attached hydrogens (tertiary/aromatic N) is 1. The van der Waals surface area contributed by atoms with E-state index in [2.05, 4.69) is 13.0 Å². The normalized spacial score (nSPS) is 11.6. The fourth-order valence-corrected chi connectivity index (χ4v) is 3.26. The van der Waals surface area contributed by atoms with Gasteiger partial charge < -0.3 is 9.59 Å². The van der Waals surface area contributed by atoms with Crippen molar-refractivity contribution in [1.82, 2.24) is 0 Å². The van der Waals surface area contributed by atoms with Gasteiger partial charge in [0.2, 0.25) is 0 Å². The molecule has 20 heavy (non-hydrogen) atoms. The lowest BCUT2D eigenvalue weighted by atomic mass is 10.1. The van der Waals surface area contributed by atoms with Crippen molar-refractivity contribution in [2.75, 3.05) is 27.2 Å². The molecule has 0 unspecified atom stereocenters. The molecule has 0 saturated heterocycles. The van der Waals surface area contributed by atoms with Crippen LogP contribution in [0.4, 0.5) is 0 Å². The Bertz CT molecular complexity index is 491. The van der Waals surface area contributed by atoms with Crippen LogP contribution >= 0.6 is 11.3 Å². The topological polar surface area (TPSA) is 54.4 Å². The molecule has 0 aliphatic rings. The fraction of sp³-hybridized carbons (Fsp3) is 0.600. The number of hydrogen-bond acceptors (Lipinski definition) is 3.